The number of urea groups is 1. The molecule has 0 aliphatic carbocycles. The van der Waals surface area contributed by atoms with E-state index in [0.717, 1.165) is 6.42 Å². The number of ether oxygens (including phenoxy) is 1. The number of pyridine rings is 1. The predicted molar refractivity (Wildman–Crippen MR) is 77.3 cm³/mol. The zero-order valence-electron chi connectivity index (χ0n) is 11.8. The average Bonchev–Trinajstić information content (AvgIpc) is 3.02. The zero-order chi connectivity index (χ0) is 14.9. The Labute approximate surface area is 122 Å². The van der Waals surface area contributed by atoms with Gasteiger partial charge < -0.3 is 15.4 Å². The highest BCUT2D eigenvalue weighted by molar-refractivity contribution is 5.90. The van der Waals surface area contributed by atoms with Crippen LogP contribution in [0.1, 0.15) is 13.3 Å². The van der Waals surface area contributed by atoms with Crippen molar-refractivity contribution >= 4 is 11.7 Å². The Balaban J connectivity index is 1.89. The molecule has 2 amide bonds. The average molecular weight is 290 g/mol. The summed E-state index contributed by atoms with van der Waals surface area (Å²) in [5, 5.41) is 9.51. The SMILES string of the molecule is CCOCCCNC(=O)Nc1cccnc1-n1cncn1. The smallest absolute Gasteiger partial charge is 0.319 e. The Hall–Kier alpha value is -2.48. The van der Waals surface area contributed by atoms with E-state index in [1.807, 2.05) is 6.92 Å². The fourth-order valence-electron chi connectivity index (χ4n) is 1.68. The quantitative estimate of drug-likeness (QED) is 0.747. The van der Waals surface area contributed by atoms with Gasteiger partial charge in [-0.3, -0.25) is 0 Å². The molecule has 0 saturated heterocycles. The largest absolute Gasteiger partial charge is 0.382 e. The maximum absolute atomic E-state index is 11.8. The van der Waals surface area contributed by atoms with E-state index in [1.54, 1.807) is 18.3 Å². The third-order valence-corrected chi connectivity index (χ3v) is 2.63. The van der Waals surface area contributed by atoms with E-state index in [9.17, 15) is 4.79 Å². The molecule has 2 aromatic rings. The van der Waals surface area contributed by atoms with Crippen molar-refractivity contribution in [3.63, 3.8) is 0 Å². The summed E-state index contributed by atoms with van der Waals surface area (Å²) in [5.74, 6) is 0.513. The number of aromatic nitrogens is 4. The highest BCUT2D eigenvalue weighted by atomic mass is 16.5. The molecule has 0 radical (unpaired) electrons. The fourth-order valence-corrected chi connectivity index (χ4v) is 1.68. The third-order valence-electron chi connectivity index (χ3n) is 2.63. The van der Waals surface area contributed by atoms with Gasteiger partial charge in [-0.1, -0.05) is 0 Å². The summed E-state index contributed by atoms with van der Waals surface area (Å²) in [6.07, 6.45) is 5.33. The summed E-state index contributed by atoms with van der Waals surface area (Å²) in [6.45, 7) is 3.80. The van der Waals surface area contributed by atoms with Crippen molar-refractivity contribution in [2.24, 2.45) is 0 Å². The Morgan fingerprint density at radius 1 is 1.48 bits per heavy atom. The van der Waals surface area contributed by atoms with Crippen molar-refractivity contribution in [2.45, 2.75) is 13.3 Å². The van der Waals surface area contributed by atoms with Crippen LogP contribution in [0.15, 0.2) is 31.0 Å². The molecular formula is C13H18N6O2. The Morgan fingerprint density at radius 3 is 3.14 bits per heavy atom. The maximum Gasteiger partial charge on any atom is 0.319 e. The molecule has 2 rings (SSSR count). The van der Waals surface area contributed by atoms with Crippen molar-refractivity contribution < 1.29 is 9.53 Å². The maximum atomic E-state index is 11.8. The first-order valence-electron chi connectivity index (χ1n) is 6.74. The molecule has 0 atom stereocenters. The van der Waals surface area contributed by atoms with Gasteiger partial charge in [0.1, 0.15) is 12.7 Å². The van der Waals surface area contributed by atoms with Crippen LogP contribution in [0.25, 0.3) is 5.82 Å². The van der Waals surface area contributed by atoms with E-state index in [-0.39, 0.29) is 6.03 Å². The van der Waals surface area contributed by atoms with Crippen LogP contribution in [-0.2, 0) is 4.74 Å². The van der Waals surface area contributed by atoms with E-state index in [2.05, 4.69) is 25.7 Å². The highest BCUT2D eigenvalue weighted by Gasteiger charge is 2.09. The van der Waals surface area contributed by atoms with Crippen LogP contribution < -0.4 is 10.6 Å². The summed E-state index contributed by atoms with van der Waals surface area (Å²) >= 11 is 0. The molecule has 0 aromatic carbocycles. The Bertz CT molecular complexity index is 558. The molecule has 2 heterocycles. The lowest BCUT2D eigenvalue weighted by molar-refractivity contribution is 0.145. The minimum Gasteiger partial charge on any atom is -0.382 e. The first kappa shape index (κ1) is 14.9. The van der Waals surface area contributed by atoms with Crippen molar-refractivity contribution in [3.05, 3.63) is 31.0 Å². The molecule has 2 N–H and O–H groups in total. The van der Waals surface area contributed by atoms with Crippen LogP contribution in [0.2, 0.25) is 0 Å². The molecule has 0 bridgehead atoms. The fraction of sp³-hybridized carbons (Fsp3) is 0.385. The van der Waals surface area contributed by atoms with E-state index < -0.39 is 0 Å². The minimum atomic E-state index is -0.291. The van der Waals surface area contributed by atoms with Crippen LogP contribution in [0.5, 0.6) is 0 Å². The van der Waals surface area contributed by atoms with E-state index in [4.69, 9.17) is 4.74 Å². The minimum absolute atomic E-state index is 0.291. The number of nitrogens with one attached hydrogen (secondary N) is 2. The van der Waals surface area contributed by atoms with E-state index in [1.165, 1.54) is 17.3 Å². The second-order valence-corrected chi connectivity index (χ2v) is 4.15. The lowest BCUT2D eigenvalue weighted by Gasteiger charge is -2.10. The van der Waals surface area contributed by atoms with Crippen LogP contribution in [0, 0.1) is 0 Å². The van der Waals surface area contributed by atoms with Gasteiger partial charge in [-0.25, -0.2) is 19.4 Å². The first-order valence-corrected chi connectivity index (χ1v) is 6.74. The van der Waals surface area contributed by atoms with Gasteiger partial charge in [0.15, 0.2) is 5.82 Å². The molecule has 0 unspecified atom stereocenters. The number of carbonyl (C=O) groups is 1. The van der Waals surface area contributed by atoms with Crippen molar-refractivity contribution in [3.8, 4) is 5.82 Å². The monoisotopic (exact) mass is 290 g/mol. The highest BCUT2D eigenvalue weighted by Crippen LogP contribution is 2.15. The third kappa shape index (κ3) is 4.53. The molecule has 2 aromatic heterocycles. The van der Waals surface area contributed by atoms with Gasteiger partial charge in [0.2, 0.25) is 0 Å². The first-order chi connectivity index (χ1) is 10.3. The lowest BCUT2D eigenvalue weighted by Crippen LogP contribution is -2.30. The molecule has 112 valence electrons. The Kier molecular flexibility index (Phi) is 5.65. The molecule has 0 saturated carbocycles. The van der Waals surface area contributed by atoms with Gasteiger partial charge in [-0.15, -0.1) is 0 Å². The van der Waals surface area contributed by atoms with Crippen molar-refractivity contribution in [2.75, 3.05) is 25.1 Å². The second-order valence-electron chi connectivity index (χ2n) is 4.15. The Morgan fingerprint density at radius 2 is 2.38 bits per heavy atom. The van der Waals surface area contributed by atoms with Crippen molar-refractivity contribution in [1.82, 2.24) is 25.1 Å². The topological polar surface area (TPSA) is 94.0 Å². The number of carbonyl (C=O) groups excluding carboxylic acids is 1. The molecule has 21 heavy (non-hydrogen) atoms. The molecule has 0 fully saturated rings. The van der Waals surface area contributed by atoms with Crippen LogP contribution in [0.3, 0.4) is 0 Å². The summed E-state index contributed by atoms with van der Waals surface area (Å²) < 4.78 is 6.69. The van der Waals surface area contributed by atoms with Gasteiger partial charge in [-0.05, 0) is 25.5 Å². The summed E-state index contributed by atoms with van der Waals surface area (Å²) in [5.41, 5.74) is 0.560. The standard InChI is InChI=1S/C13H18N6O2/c1-2-21-8-4-7-16-13(20)18-11-5-3-6-15-12(11)19-10-14-9-17-19/h3,5-6,9-10H,2,4,7-8H2,1H3,(H2,16,18,20). The van der Waals surface area contributed by atoms with E-state index in [0.29, 0.717) is 31.3 Å². The number of nitrogens with zero attached hydrogens (tertiary/aromatic N) is 4. The van der Waals surface area contributed by atoms with Gasteiger partial charge in [-0.2, -0.15) is 5.10 Å². The summed E-state index contributed by atoms with van der Waals surface area (Å²) in [6, 6.07) is 3.20. The van der Waals surface area contributed by atoms with E-state index >= 15 is 0 Å². The van der Waals surface area contributed by atoms with Gasteiger partial charge >= 0.3 is 6.03 Å². The van der Waals surface area contributed by atoms with Crippen LogP contribution in [-0.4, -0.2) is 45.5 Å². The normalized spacial score (nSPS) is 10.3. The number of hydrogen-bond donors (Lipinski definition) is 2. The summed E-state index contributed by atoms with van der Waals surface area (Å²) in [7, 11) is 0. The molecule has 0 aliphatic rings. The van der Waals surface area contributed by atoms with Gasteiger partial charge in [0.25, 0.3) is 0 Å². The number of anilines is 1. The lowest BCUT2D eigenvalue weighted by atomic mass is 10.4. The van der Waals surface area contributed by atoms with Gasteiger partial charge in [0, 0.05) is 26.0 Å². The molecular weight excluding hydrogens is 272 g/mol. The zero-order valence-corrected chi connectivity index (χ0v) is 11.8. The molecule has 0 aliphatic heterocycles. The molecule has 0 spiro atoms. The predicted octanol–water partition coefficient (Wildman–Crippen LogP) is 1.21. The molecule has 8 nitrogen and oxygen atoms in total. The number of hydrogen-bond acceptors (Lipinski definition) is 5. The number of rotatable bonds is 7. The van der Waals surface area contributed by atoms with Crippen molar-refractivity contribution in [1.29, 1.82) is 0 Å². The number of amides is 2. The summed E-state index contributed by atoms with van der Waals surface area (Å²) in [4.78, 5) is 19.9. The van der Waals surface area contributed by atoms with Crippen LogP contribution >= 0.6 is 0 Å². The van der Waals surface area contributed by atoms with Crippen LogP contribution in [0.4, 0.5) is 10.5 Å². The second kappa shape index (κ2) is 7.95. The van der Waals surface area contributed by atoms with Gasteiger partial charge in [0.05, 0.1) is 5.69 Å². The molecule has 8 heteroatoms.